The second-order valence-corrected chi connectivity index (χ2v) is 3.69. The van der Waals surface area contributed by atoms with Crippen LogP contribution in [0.25, 0.3) is 0 Å². The third-order valence-corrected chi connectivity index (χ3v) is 2.27. The number of aromatic nitrogens is 2. The van der Waals surface area contributed by atoms with Gasteiger partial charge < -0.3 is 10.6 Å². The Morgan fingerprint density at radius 1 is 1.67 bits per heavy atom. The van der Waals surface area contributed by atoms with Gasteiger partial charge in [-0.05, 0) is 19.9 Å². The van der Waals surface area contributed by atoms with Crippen molar-refractivity contribution in [3.63, 3.8) is 0 Å². The first-order chi connectivity index (χ1) is 7.00. The Hall–Kier alpha value is -1.65. The highest BCUT2D eigenvalue weighted by atomic mass is 15.2. The number of anilines is 1. The van der Waals surface area contributed by atoms with E-state index in [0.717, 1.165) is 5.69 Å². The van der Waals surface area contributed by atoms with E-state index >= 15 is 0 Å². The molecule has 0 saturated heterocycles. The molecule has 1 rings (SSSR count). The first-order valence-corrected chi connectivity index (χ1v) is 4.86. The van der Waals surface area contributed by atoms with Crippen LogP contribution in [0, 0.1) is 12.3 Å². The first-order valence-electron chi connectivity index (χ1n) is 4.86. The van der Waals surface area contributed by atoms with Crippen molar-refractivity contribution in [3.05, 3.63) is 18.0 Å². The van der Waals surface area contributed by atoms with E-state index in [-0.39, 0.29) is 11.9 Å². The Labute approximate surface area is 89.8 Å². The predicted molar refractivity (Wildman–Crippen MR) is 61.2 cm³/mol. The van der Waals surface area contributed by atoms with Gasteiger partial charge >= 0.3 is 0 Å². The van der Waals surface area contributed by atoms with Crippen molar-refractivity contribution >= 4 is 11.8 Å². The van der Waals surface area contributed by atoms with Crippen LogP contribution in [0.5, 0.6) is 0 Å². The third-order valence-electron chi connectivity index (χ3n) is 2.27. The molecule has 1 aromatic rings. The SMILES string of the molecule is Cc1ccnc(N(C)C(C)CC(=N)N)n1. The predicted octanol–water partition coefficient (Wildman–Crippen LogP) is 0.936. The minimum Gasteiger partial charge on any atom is -0.388 e. The summed E-state index contributed by atoms with van der Waals surface area (Å²) < 4.78 is 0. The van der Waals surface area contributed by atoms with Gasteiger partial charge in [0.05, 0.1) is 5.84 Å². The van der Waals surface area contributed by atoms with Gasteiger partial charge in [-0.2, -0.15) is 0 Å². The smallest absolute Gasteiger partial charge is 0.225 e. The van der Waals surface area contributed by atoms with Crippen LogP contribution in [0.15, 0.2) is 12.3 Å². The van der Waals surface area contributed by atoms with E-state index in [9.17, 15) is 0 Å². The normalized spacial score (nSPS) is 12.2. The van der Waals surface area contributed by atoms with Crippen molar-refractivity contribution in [2.75, 3.05) is 11.9 Å². The van der Waals surface area contributed by atoms with E-state index in [4.69, 9.17) is 11.1 Å². The summed E-state index contributed by atoms with van der Waals surface area (Å²) in [6.07, 6.45) is 2.25. The van der Waals surface area contributed by atoms with Crippen LogP contribution >= 0.6 is 0 Å². The Bertz CT molecular complexity index is 349. The molecule has 0 bridgehead atoms. The van der Waals surface area contributed by atoms with Gasteiger partial charge in [-0.3, -0.25) is 5.41 Å². The molecule has 5 heteroatoms. The molecule has 0 aliphatic heterocycles. The molecule has 0 aromatic carbocycles. The lowest BCUT2D eigenvalue weighted by atomic mass is 10.2. The minimum absolute atomic E-state index is 0.129. The second kappa shape index (κ2) is 4.72. The van der Waals surface area contributed by atoms with Crippen molar-refractivity contribution < 1.29 is 0 Å². The zero-order valence-corrected chi connectivity index (χ0v) is 9.36. The molecule has 1 unspecified atom stereocenters. The molecule has 5 nitrogen and oxygen atoms in total. The molecule has 0 spiro atoms. The van der Waals surface area contributed by atoms with Gasteiger partial charge in [0.15, 0.2) is 0 Å². The lowest BCUT2D eigenvalue weighted by Crippen LogP contribution is -2.34. The minimum atomic E-state index is 0.129. The molecule has 0 amide bonds. The average molecular weight is 207 g/mol. The zero-order chi connectivity index (χ0) is 11.4. The van der Waals surface area contributed by atoms with Crippen molar-refractivity contribution in [3.8, 4) is 0 Å². The molecule has 1 heterocycles. The van der Waals surface area contributed by atoms with Gasteiger partial charge in [0.1, 0.15) is 0 Å². The van der Waals surface area contributed by atoms with Gasteiger partial charge in [-0.1, -0.05) is 0 Å². The number of nitrogens with two attached hydrogens (primary N) is 1. The van der Waals surface area contributed by atoms with Crippen LogP contribution in [-0.2, 0) is 0 Å². The maximum atomic E-state index is 7.23. The number of nitrogens with one attached hydrogen (secondary N) is 1. The molecular weight excluding hydrogens is 190 g/mol. The fourth-order valence-corrected chi connectivity index (χ4v) is 1.26. The molecule has 3 N–H and O–H groups in total. The Morgan fingerprint density at radius 2 is 2.33 bits per heavy atom. The summed E-state index contributed by atoms with van der Waals surface area (Å²) in [7, 11) is 1.91. The van der Waals surface area contributed by atoms with Gasteiger partial charge in [0.2, 0.25) is 5.95 Å². The summed E-state index contributed by atoms with van der Waals surface area (Å²) >= 11 is 0. The molecule has 0 aliphatic rings. The maximum absolute atomic E-state index is 7.23. The number of hydrogen-bond acceptors (Lipinski definition) is 4. The van der Waals surface area contributed by atoms with E-state index in [1.54, 1.807) is 6.20 Å². The number of amidine groups is 1. The van der Waals surface area contributed by atoms with Crippen LogP contribution in [0.3, 0.4) is 0 Å². The summed E-state index contributed by atoms with van der Waals surface area (Å²) in [6, 6.07) is 1.98. The van der Waals surface area contributed by atoms with E-state index in [0.29, 0.717) is 12.4 Å². The monoisotopic (exact) mass is 207 g/mol. The molecule has 0 aliphatic carbocycles. The zero-order valence-electron chi connectivity index (χ0n) is 9.36. The average Bonchev–Trinajstić information content (AvgIpc) is 2.15. The molecule has 15 heavy (non-hydrogen) atoms. The lowest BCUT2D eigenvalue weighted by molar-refractivity contribution is 0.687. The van der Waals surface area contributed by atoms with Gasteiger partial charge in [-0.25, -0.2) is 9.97 Å². The number of hydrogen-bond donors (Lipinski definition) is 2. The second-order valence-electron chi connectivity index (χ2n) is 3.69. The largest absolute Gasteiger partial charge is 0.388 e. The van der Waals surface area contributed by atoms with Crippen LogP contribution < -0.4 is 10.6 Å². The maximum Gasteiger partial charge on any atom is 0.225 e. The van der Waals surface area contributed by atoms with E-state index in [1.165, 1.54) is 0 Å². The Morgan fingerprint density at radius 3 is 2.87 bits per heavy atom. The standard InChI is InChI=1S/C10H17N5/c1-7-4-5-13-10(14-7)15(3)8(2)6-9(11)12/h4-5,8H,6H2,1-3H3,(H3,11,12). The highest BCUT2D eigenvalue weighted by Crippen LogP contribution is 2.10. The third kappa shape index (κ3) is 3.19. The van der Waals surface area contributed by atoms with Crippen molar-refractivity contribution in [1.82, 2.24) is 9.97 Å². The van der Waals surface area contributed by atoms with Crippen LogP contribution in [0.4, 0.5) is 5.95 Å². The highest BCUT2D eigenvalue weighted by Gasteiger charge is 2.13. The number of aryl methyl sites for hydroxylation is 1. The summed E-state index contributed by atoms with van der Waals surface area (Å²) in [6.45, 7) is 3.92. The first kappa shape index (κ1) is 11.4. The number of rotatable bonds is 4. The topological polar surface area (TPSA) is 78.9 Å². The summed E-state index contributed by atoms with van der Waals surface area (Å²) in [5, 5.41) is 7.23. The van der Waals surface area contributed by atoms with Gasteiger partial charge in [0, 0.05) is 31.4 Å². The van der Waals surface area contributed by atoms with Gasteiger partial charge in [0.25, 0.3) is 0 Å². The van der Waals surface area contributed by atoms with Crippen LogP contribution in [-0.4, -0.2) is 28.9 Å². The molecule has 1 atom stereocenters. The van der Waals surface area contributed by atoms with Crippen LogP contribution in [0.1, 0.15) is 19.0 Å². The molecule has 0 radical (unpaired) electrons. The molecule has 0 saturated carbocycles. The molecule has 82 valence electrons. The quantitative estimate of drug-likeness (QED) is 0.568. The fraction of sp³-hybridized carbons (Fsp3) is 0.500. The van der Waals surface area contributed by atoms with Crippen molar-refractivity contribution in [1.29, 1.82) is 5.41 Å². The van der Waals surface area contributed by atoms with E-state index < -0.39 is 0 Å². The van der Waals surface area contributed by atoms with E-state index in [2.05, 4.69) is 9.97 Å². The fourth-order valence-electron chi connectivity index (χ4n) is 1.26. The van der Waals surface area contributed by atoms with Crippen LogP contribution in [0.2, 0.25) is 0 Å². The van der Waals surface area contributed by atoms with Crippen molar-refractivity contribution in [2.24, 2.45) is 5.73 Å². The Balaban J connectivity index is 2.75. The van der Waals surface area contributed by atoms with E-state index in [1.807, 2.05) is 31.9 Å². The summed E-state index contributed by atoms with van der Waals surface area (Å²) in [5.41, 5.74) is 6.29. The highest BCUT2D eigenvalue weighted by molar-refractivity contribution is 5.77. The molecule has 0 fully saturated rings. The lowest BCUT2D eigenvalue weighted by Gasteiger charge is -2.24. The summed E-state index contributed by atoms with van der Waals surface area (Å²) in [5.74, 6) is 0.853. The van der Waals surface area contributed by atoms with Gasteiger partial charge in [-0.15, -0.1) is 0 Å². The molecule has 1 aromatic heterocycles. The Kier molecular flexibility index (Phi) is 3.60. The number of nitrogens with zero attached hydrogens (tertiary/aromatic N) is 3. The van der Waals surface area contributed by atoms with Crippen molar-refractivity contribution in [2.45, 2.75) is 26.3 Å². The molecular formula is C10H17N5. The summed E-state index contributed by atoms with van der Waals surface area (Å²) in [4.78, 5) is 10.4.